The van der Waals surface area contributed by atoms with E-state index < -0.39 is 5.82 Å². The van der Waals surface area contributed by atoms with Crippen LogP contribution >= 0.6 is 11.6 Å². The number of hydrogen-bond acceptors (Lipinski definition) is 2. The summed E-state index contributed by atoms with van der Waals surface area (Å²) in [5, 5.41) is 0.297. The maximum absolute atomic E-state index is 13.0. The van der Waals surface area contributed by atoms with E-state index in [4.69, 9.17) is 17.3 Å². The number of ketones is 1. The van der Waals surface area contributed by atoms with E-state index in [1.165, 1.54) is 18.2 Å². The van der Waals surface area contributed by atoms with E-state index in [9.17, 15) is 9.18 Å². The van der Waals surface area contributed by atoms with Crippen molar-refractivity contribution < 1.29 is 9.18 Å². The van der Waals surface area contributed by atoms with E-state index in [1.807, 2.05) is 0 Å². The Bertz CT molecular complexity index is 381. The van der Waals surface area contributed by atoms with Gasteiger partial charge in [-0.25, -0.2) is 4.39 Å². The Balaban J connectivity index is 2.83. The molecule has 0 amide bonds. The van der Waals surface area contributed by atoms with Crippen LogP contribution in [0.2, 0.25) is 5.02 Å². The number of rotatable bonds is 5. The molecule has 1 unspecified atom stereocenters. The number of carbonyl (C=O) groups is 1. The van der Waals surface area contributed by atoms with Crippen LogP contribution in [0.15, 0.2) is 18.2 Å². The summed E-state index contributed by atoms with van der Waals surface area (Å²) in [6, 6.07) is 3.83. The van der Waals surface area contributed by atoms with Gasteiger partial charge in [-0.2, -0.15) is 0 Å². The summed E-state index contributed by atoms with van der Waals surface area (Å²) < 4.78 is 13.0. The van der Waals surface area contributed by atoms with E-state index in [0.717, 1.165) is 6.42 Å². The third-order valence-corrected chi connectivity index (χ3v) is 2.81. The third kappa shape index (κ3) is 3.29. The van der Waals surface area contributed by atoms with Crippen LogP contribution in [0.3, 0.4) is 0 Å². The molecule has 0 heterocycles. The molecule has 0 bridgehead atoms. The summed E-state index contributed by atoms with van der Waals surface area (Å²) in [7, 11) is 0. The molecule has 0 aromatic heterocycles. The van der Waals surface area contributed by atoms with Gasteiger partial charge in [0.1, 0.15) is 5.82 Å². The second-order valence-corrected chi connectivity index (χ2v) is 4.23. The Morgan fingerprint density at radius 3 is 2.88 bits per heavy atom. The van der Waals surface area contributed by atoms with Gasteiger partial charge in [0.05, 0.1) is 5.02 Å². The van der Waals surface area contributed by atoms with E-state index in [0.29, 0.717) is 18.0 Å². The van der Waals surface area contributed by atoms with E-state index in [-0.39, 0.29) is 17.3 Å². The molecule has 1 aromatic rings. The Hall–Kier alpha value is -0.930. The number of hydrogen-bond donors (Lipinski definition) is 1. The highest BCUT2D eigenvalue weighted by Crippen LogP contribution is 2.22. The summed E-state index contributed by atoms with van der Waals surface area (Å²) in [4.78, 5) is 11.9. The monoisotopic (exact) mass is 243 g/mol. The second kappa shape index (κ2) is 5.97. The number of halogens is 2. The van der Waals surface area contributed by atoms with Gasteiger partial charge in [0.25, 0.3) is 0 Å². The van der Waals surface area contributed by atoms with Gasteiger partial charge in [-0.3, -0.25) is 4.79 Å². The van der Waals surface area contributed by atoms with Gasteiger partial charge in [0.2, 0.25) is 0 Å². The molecule has 2 N–H and O–H groups in total. The Kier molecular flexibility index (Phi) is 4.90. The van der Waals surface area contributed by atoms with E-state index >= 15 is 0 Å². The molecule has 1 aromatic carbocycles. The van der Waals surface area contributed by atoms with Crippen molar-refractivity contribution in [2.75, 3.05) is 6.54 Å². The molecule has 1 atom stereocenters. The number of nitrogens with two attached hydrogens (primary N) is 1. The van der Waals surface area contributed by atoms with Crippen molar-refractivity contribution in [3.8, 4) is 0 Å². The van der Waals surface area contributed by atoms with Gasteiger partial charge in [-0.1, -0.05) is 18.5 Å². The van der Waals surface area contributed by atoms with Crippen molar-refractivity contribution >= 4 is 17.4 Å². The fraction of sp³-hybridized carbons (Fsp3) is 0.417. The summed E-state index contributed by atoms with van der Waals surface area (Å²) >= 11 is 5.86. The predicted molar refractivity (Wildman–Crippen MR) is 63.2 cm³/mol. The summed E-state index contributed by atoms with van der Waals surface area (Å²) in [6.45, 7) is 2.35. The zero-order valence-electron chi connectivity index (χ0n) is 9.17. The first kappa shape index (κ1) is 13.1. The number of carbonyl (C=O) groups excluding carboxylic acids is 1. The molecule has 0 aliphatic rings. The molecule has 0 aliphatic heterocycles. The molecular formula is C12H15ClFNO. The smallest absolute Gasteiger partial charge is 0.167 e. The van der Waals surface area contributed by atoms with Gasteiger partial charge in [0, 0.05) is 11.5 Å². The highest BCUT2D eigenvalue weighted by atomic mass is 35.5. The summed E-state index contributed by atoms with van der Waals surface area (Å²) in [5.74, 6) is -0.750. The molecule has 1 rings (SSSR count). The maximum Gasteiger partial charge on any atom is 0.167 e. The fourth-order valence-electron chi connectivity index (χ4n) is 1.51. The molecule has 88 valence electrons. The molecule has 0 fully saturated rings. The first-order valence-corrected chi connectivity index (χ1v) is 5.63. The summed E-state index contributed by atoms with van der Waals surface area (Å²) in [6.07, 6.45) is 1.47. The average molecular weight is 244 g/mol. The first-order valence-electron chi connectivity index (χ1n) is 5.25. The highest BCUT2D eigenvalue weighted by Gasteiger charge is 2.17. The van der Waals surface area contributed by atoms with Crippen molar-refractivity contribution in [1.82, 2.24) is 0 Å². The van der Waals surface area contributed by atoms with Gasteiger partial charge in [-0.15, -0.1) is 0 Å². The molecule has 0 saturated heterocycles. The lowest BCUT2D eigenvalue weighted by atomic mass is 9.95. The molecule has 0 aliphatic carbocycles. The van der Waals surface area contributed by atoms with E-state index in [2.05, 4.69) is 0 Å². The highest BCUT2D eigenvalue weighted by molar-refractivity contribution is 6.34. The van der Waals surface area contributed by atoms with Crippen LogP contribution in [0.25, 0.3) is 0 Å². The van der Waals surface area contributed by atoms with Crippen LogP contribution < -0.4 is 5.73 Å². The minimum absolute atomic E-state index is 0.127. The van der Waals surface area contributed by atoms with Gasteiger partial charge < -0.3 is 5.73 Å². The maximum atomic E-state index is 13.0. The normalized spacial score (nSPS) is 12.5. The van der Waals surface area contributed by atoms with Crippen molar-refractivity contribution in [3.63, 3.8) is 0 Å². The van der Waals surface area contributed by atoms with Crippen LogP contribution in [0.4, 0.5) is 4.39 Å². The number of benzene rings is 1. The SMILES string of the molecule is CC(CCCN)C(=O)c1cc(F)ccc1Cl. The number of Topliss-reactive ketones (excluding diaryl/α,β-unsaturated/α-hetero) is 1. The average Bonchev–Trinajstić information content (AvgIpc) is 2.28. The zero-order chi connectivity index (χ0) is 12.1. The predicted octanol–water partition coefficient (Wildman–Crippen LogP) is 3.04. The molecule has 4 heteroatoms. The largest absolute Gasteiger partial charge is 0.330 e. The van der Waals surface area contributed by atoms with Crippen molar-refractivity contribution in [1.29, 1.82) is 0 Å². The van der Waals surface area contributed by atoms with E-state index in [1.54, 1.807) is 6.92 Å². The molecule has 2 nitrogen and oxygen atoms in total. The minimum Gasteiger partial charge on any atom is -0.330 e. The lowest BCUT2D eigenvalue weighted by Gasteiger charge is -2.10. The van der Waals surface area contributed by atoms with Gasteiger partial charge in [0.15, 0.2) is 5.78 Å². The van der Waals surface area contributed by atoms with Crippen molar-refractivity contribution in [2.45, 2.75) is 19.8 Å². The van der Waals surface area contributed by atoms with Crippen LogP contribution in [0.5, 0.6) is 0 Å². The van der Waals surface area contributed by atoms with Crippen LogP contribution in [0, 0.1) is 11.7 Å². The molecule has 16 heavy (non-hydrogen) atoms. The second-order valence-electron chi connectivity index (χ2n) is 3.82. The third-order valence-electron chi connectivity index (χ3n) is 2.48. The quantitative estimate of drug-likeness (QED) is 0.808. The molecule has 0 saturated carbocycles. The van der Waals surface area contributed by atoms with Crippen molar-refractivity contribution in [3.05, 3.63) is 34.6 Å². The molecular weight excluding hydrogens is 229 g/mol. The Morgan fingerprint density at radius 1 is 1.56 bits per heavy atom. The first-order chi connectivity index (χ1) is 7.56. The zero-order valence-corrected chi connectivity index (χ0v) is 9.93. The van der Waals surface area contributed by atoms with Crippen LogP contribution in [-0.2, 0) is 0 Å². The lowest BCUT2D eigenvalue weighted by Crippen LogP contribution is -2.14. The fourth-order valence-corrected chi connectivity index (χ4v) is 1.72. The van der Waals surface area contributed by atoms with Gasteiger partial charge in [-0.05, 0) is 37.6 Å². The molecule has 0 spiro atoms. The van der Waals surface area contributed by atoms with Crippen LogP contribution in [-0.4, -0.2) is 12.3 Å². The van der Waals surface area contributed by atoms with Crippen molar-refractivity contribution in [2.24, 2.45) is 11.7 Å². The minimum atomic E-state index is -0.446. The lowest BCUT2D eigenvalue weighted by molar-refractivity contribution is 0.0923. The molecule has 0 radical (unpaired) electrons. The van der Waals surface area contributed by atoms with Gasteiger partial charge >= 0.3 is 0 Å². The Labute approximate surface area is 99.6 Å². The topological polar surface area (TPSA) is 43.1 Å². The van der Waals surface area contributed by atoms with Crippen LogP contribution in [0.1, 0.15) is 30.1 Å². The summed E-state index contributed by atoms with van der Waals surface area (Å²) in [5.41, 5.74) is 5.63. The standard InChI is InChI=1S/C12H15ClFNO/c1-8(3-2-6-15)12(16)10-7-9(14)4-5-11(10)13/h4-5,7-8H,2-3,6,15H2,1H3. The Morgan fingerprint density at radius 2 is 2.25 bits per heavy atom.